The summed E-state index contributed by atoms with van der Waals surface area (Å²) in [4.78, 5) is 12.2. The molecule has 3 rings (SSSR count). The lowest BCUT2D eigenvalue weighted by Gasteiger charge is -2.11. The predicted molar refractivity (Wildman–Crippen MR) is 105 cm³/mol. The van der Waals surface area contributed by atoms with E-state index in [2.05, 4.69) is 20.8 Å². The lowest BCUT2D eigenvalue weighted by Crippen LogP contribution is -2.24. The van der Waals surface area contributed by atoms with E-state index in [1.54, 1.807) is 19.2 Å². The number of aryl methyl sites for hydroxylation is 2. The summed E-state index contributed by atoms with van der Waals surface area (Å²) in [5.74, 6) is 0.985. The first kappa shape index (κ1) is 18.4. The summed E-state index contributed by atoms with van der Waals surface area (Å²) in [6, 6.07) is 17.2. The van der Waals surface area contributed by atoms with E-state index in [9.17, 15) is 4.79 Å². The Labute approximate surface area is 158 Å². The molecule has 0 fully saturated rings. The molecule has 0 unspecified atom stereocenters. The summed E-state index contributed by atoms with van der Waals surface area (Å²) < 4.78 is 5.34. The van der Waals surface area contributed by atoms with Gasteiger partial charge in [-0.25, -0.2) is 0 Å². The van der Waals surface area contributed by atoms with Crippen LogP contribution in [0.5, 0.6) is 5.75 Å². The number of rotatable bonds is 6. The zero-order valence-corrected chi connectivity index (χ0v) is 15.6. The Balaban J connectivity index is 1.63. The van der Waals surface area contributed by atoms with Gasteiger partial charge in [0.25, 0.3) is 5.91 Å². The van der Waals surface area contributed by atoms with Crippen molar-refractivity contribution in [3.8, 4) is 5.75 Å². The highest BCUT2D eigenvalue weighted by molar-refractivity contribution is 5.92. The number of benzene rings is 2. The van der Waals surface area contributed by atoms with Gasteiger partial charge in [0, 0.05) is 6.54 Å². The van der Waals surface area contributed by atoms with Crippen LogP contribution in [0.1, 0.15) is 27.2 Å². The number of anilines is 2. The summed E-state index contributed by atoms with van der Waals surface area (Å²) in [7, 11) is 1.61. The van der Waals surface area contributed by atoms with Gasteiger partial charge in [0.1, 0.15) is 5.75 Å². The fraction of sp³-hybridized carbons (Fsp3) is 0.190. The van der Waals surface area contributed by atoms with Crippen molar-refractivity contribution < 1.29 is 9.53 Å². The molecule has 0 aliphatic carbocycles. The molecular formula is C21H22N4O2. The van der Waals surface area contributed by atoms with Crippen LogP contribution >= 0.6 is 0 Å². The number of nitrogens with zero attached hydrogens (tertiary/aromatic N) is 2. The van der Waals surface area contributed by atoms with Gasteiger partial charge in [0.05, 0.1) is 12.8 Å². The molecule has 0 radical (unpaired) electrons. The Morgan fingerprint density at radius 2 is 1.70 bits per heavy atom. The number of carbonyl (C=O) groups is 1. The highest BCUT2D eigenvalue weighted by atomic mass is 16.5. The number of hydrogen-bond acceptors (Lipinski definition) is 5. The largest absolute Gasteiger partial charge is 0.495 e. The zero-order chi connectivity index (χ0) is 19.2. The quantitative estimate of drug-likeness (QED) is 0.698. The van der Waals surface area contributed by atoms with E-state index in [4.69, 9.17) is 4.74 Å². The minimum Gasteiger partial charge on any atom is -0.495 e. The third kappa shape index (κ3) is 4.82. The van der Waals surface area contributed by atoms with Gasteiger partial charge in [-0.05, 0) is 49.2 Å². The van der Waals surface area contributed by atoms with Gasteiger partial charge in [-0.15, -0.1) is 10.2 Å². The van der Waals surface area contributed by atoms with Crippen LogP contribution in [-0.4, -0.2) is 23.2 Å². The molecule has 0 saturated heterocycles. The Morgan fingerprint density at radius 1 is 0.963 bits per heavy atom. The van der Waals surface area contributed by atoms with E-state index in [-0.39, 0.29) is 11.6 Å². The van der Waals surface area contributed by atoms with Crippen LogP contribution in [0.15, 0.2) is 54.6 Å². The highest BCUT2D eigenvalue weighted by Crippen LogP contribution is 2.27. The lowest BCUT2D eigenvalue weighted by atomic mass is 10.1. The van der Waals surface area contributed by atoms with Gasteiger partial charge in [-0.1, -0.05) is 35.9 Å². The molecule has 1 amide bonds. The monoisotopic (exact) mass is 362 g/mol. The van der Waals surface area contributed by atoms with Crippen molar-refractivity contribution in [3.63, 3.8) is 0 Å². The van der Waals surface area contributed by atoms with Crippen LogP contribution in [0.3, 0.4) is 0 Å². The first-order valence-electron chi connectivity index (χ1n) is 8.64. The van der Waals surface area contributed by atoms with Gasteiger partial charge < -0.3 is 15.4 Å². The molecular weight excluding hydrogens is 340 g/mol. The van der Waals surface area contributed by atoms with E-state index in [0.717, 1.165) is 16.8 Å². The lowest BCUT2D eigenvalue weighted by molar-refractivity contribution is 0.0945. The highest BCUT2D eigenvalue weighted by Gasteiger charge is 2.09. The maximum Gasteiger partial charge on any atom is 0.272 e. The third-order valence-electron chi connectivity index (χ3n) is 4.09. The van der Waals surface area contributed by atoms with Crippen LogP contribution < -0.4 is 15.4 Å². The van der Waals surface area contributed by atoms with Gasteiger partial charge in [-0.2, -0.15) is 0 Å². The zero-order valence-electron chi connectivity index (χ0n) is 15.6. The second-order valence-electron chi connectivity index (χ2n) is 6.30. The first-order chi connectivity index (χ1) is 13.0. The topological polar surface area (TPSA) is 76.1 Å². The van der Waals surface area contributed by atoms with Gasteiger partial charge in [0.15, 0.2) is 11.5 Å². The van der Waals surface area contributed by atoms with Crippen LogP contribution in [0.4, 0.5) is 11.5 Å². The molecule has 3 aromatic rings. The minimum absolute atomic E-state index is 0.261. The van der Waals surface area contributed by atoms with E-state index in [1.807, 2.05) is 56.3 Å². The Morgan fingerprint density at radius 3 is 2.37 bits per heavy atom. The molecule has 0 aliphatic heterocycles. The maximum atomic E-state index is 12.2. The van der Waals surface area contributed by atoms with E-state index < -0.39 is 0 Å². The molecule has 2 aromatic carbocycles. The average molecular weight is 362 g/mol. The summed E-state index contributed by atoms with van der Waals surface area (Å²) >= 11 is 0. The summed E-state index contributed by atoms with van der Waals surface area (Å²) in [5.41, 5.74) is 4.38. The predicted octanol–water partition coefficient (Wildman–Crippen LogP) is 3.78. The summed E-state index contributed by atoms with van der Waals surface area (Å²) in [6.07, 6.45) is 0. The molecule has 2 N–H and O–H groups in total. The van der Waals surface area contributed by atoms with Crippen LogP contribution in [0.25, 0.3) is 0 Å². The molecule has 0 atom stereocenters. The van der Waals surface area contributed by atoms with Crippen LogP contribution in [0.2, 0.25) is 0 Å². The Kier molecular flexibility index (Phi) is 5.66. The number of ether oxygens (including phenoxy) is 1. The van der Waals surface area contributed by atoms with E-state index >= 15 is 0 Å². The molecule has 0 aliphatic rings. The Bertz CT molecular complexity index is 922. The number of hydrogen-bond donors (Lipinski definition) is 2. The second-order valence-corrected chi connectivity index (χ2v) is 6.30. The molecule has 138 valence electrons. The van der Waals surface area contributed by atoms with Crippen LogP contribution in [-0.2, 0) is 6.54 Å². The van der Waals surface area contributed by atoms with Crippen molar-refractivity contribution in [2.45, 2.75) is 20.4 Å². The normalized spacial score (nSPS) is 10.3. The van der Waals surface area contributed by atoms with Crippen molar-refractivity contribution in [3.05, 3.63) is 77.0 Å². The maximum absolute atomic E-state index is 12.2. The van der Waals surface area contributed by atoms with Crippen molar-refractivity contribution in [2.75, 3.05) is 12.4 Å². The number of amides is 1. The molecule has 27 heavy (non-hydrogen) atoms. The van der Waals surface area contributed by atoms with Gasteiger partial charge in [0.2, 0.25) is 0 Å². The van der Waals surface area contributed by atoms with Gasteiger partial charge in [-0.3, -0.25) is 4.79 Å². The van der Waals surface area contributed by atoms with E-state index in [0.29, 0.717) is 18.1 Å². The van der Waals surface area contributed by atoms with Gasteiger partial charge >= 0.3 is 0 Å². The van der Waals surface area contributed by atoms with Crippen LogP contribution in [0, 0.1) is 13.8 Å². The molecule has 6 nitrogen and oxygen atoms in total. The smallest absolute Gasteiger partial charge is 0.272 e. The first-order valence-corrected chi connectivity index (χ1v) is 8.64. The number of aromatic nitrogens is 2. The molecule has 6 heteroatoms. The number of nitrogens with one attached hydrogen (secondary N) is 2. The minimum atomic E-state index is -0.261. The van der Waals surface area contributed by atoms with Crippen molar-refractivity contribution in [2.24, 2.45) is 0 Å². The number of carbonyl (C=O) groups excluding carboxylic acids is 1. The van der Waals surface area contributed by atoms with Crippen molar-refractivity contribution >= 4 is 17.4 Å². The number of methoxy groups -OCH3 is 1. The molecule has 1 heterocycles. The summed E-state index contributed by atoms with van der Waals surface area (Å²) in [6.45, 7) is 4.47. The molecule has 0 saturated carbocycles. The standard InChI is InChI=1S/C21H22N4O2/c1-14-4-7-16(8-5-14)13-22-21(26)17-9-11-20(25-24-17)23-18-12-15(2)6-10-19(18)27-3/h4-12H,13H2,1-3H3,(H,22,26)(H,23,25). The Hall–Kier alpha value is -3.41. The molecule has 0 bridgehead atoms. The molecule has 1 aromatic heterocycles. The SMILES string of the molecule is COc1ccc(C)cc1Nc1ccc(C(=O)NCc2ccc(C)cc2)nn1. The third-order valence-corrected chi connectivity index (χ3v) is 4.09. The van der Waals surface area contributed by atoms with E-state index in [1.165, 1.54) is 5.56 Å². The van der Waals surface area contributed by atoms with Crippen molar-refractivity contribution in [1.82, 2.24) is 15.5 Å². The average Bonchev–Trinajstić information content (AvgIpc) is 2.68. The van der Waals surface area contributed by atoms with Crippen molar-refractivity contribution in [1.29, 1.82) is 0 Å². The summed E-state index contributed by atoms with van der Waals surface area (Å²) in [5, 5.41) is 14.1. The second kappa shape index (κ2) is 8.31. The fourth-order valence-electron chi connectivity index (χ4n) is 2.56. The molecule has 0 spiro atoms. The fourth-order valence-corrected chi connectivity index (χ4v) is 2.56.